The third-order valence-corrected chi connectivity index (χ3v) is 0. The Labute approximate surface area is 107 Å². The summed E-state index contributed by atoms with van der Waals surface area (Å²) in [6.07, 6.45) is 0. The van der Waals surface area contributed by atoms with Gasteiger partial charge >= 0.3 is 60.0 Å². The molecule has 0 atom stereocenters. The fourth-order valence-electron chi connectivity index (χ4n) is 0. The summed E-state index contributed by atoms with van der Waals surface area (Å²) in [5.41, 5.74) is 0. The summed E-state index contributed by atoms with van der Waals surface area (Å²) in [7, 11) is -7.51. The Morgan fingerprint density at radius 1 is 1.18 bits per heavy atom. The Kier molecular flexibility index (Phi) is 25.3. The molecular formula is H8KNO7P2. The van der Waals surface area contributed by atoms with Crippen molar-refractivity contribution in [2.75, 3.05) is 0 Å². The summed E-state index contributed by atoms with van der Waals surface area (Å²) < 4.78 is 8.77. The van der Waals surface area contributed by atoms with Crippen LogP contribution in [0.25, 0.3) is 0 Å². The van der Waals surface area contributed by atoms with Crippen molar-refractivity contribution in [2.24, 2.45) is 0 Å². The van der Waals surface area contributed by atoms with E-state index >= 15 is 0 Å². The Balaban J connectivity index is -0.0000000383. The van der Waals surface area contributed by atoms with E-state index < -0.39 is 16.4 Å². The molecule has 0 aromatic carbocycles. The summed E-state index contributed by atoms with van der Waals surface area (Å²) in [5.74, 6) is 0. The van der Waals surface area contributed by atoms with E-state index in [0.717, 1.165) is 0 Å². The molecule has 0 fully saturated rings. The second kappa shape index (κ2) is 12.0. The zero-order valence-electron chi connectivity index (χ0n) is 5.65. The molecule has 11 heteroatoms. The van der Waals surface area contributed by atoms with Gasteiger partial charge in [0.05, 0.1) is 0 Å². The topological polar surface area (TPSA) is 176 Å². The smallest absolute Gasteiger partial charge is 0.756 e. The molecule has 66 valence electrons. The average Bonchev–Trinajstić information content (AvgIpc) is 1.19. The van der Waals surface area contributed by atoms with Crippen molar-refractivity contribution in [3.05, 3.63) is 0 Å². The van der Waals surface area contributed by atoms with Crippen LogP contribution in [0, 0.1) is 0 Å². The quantitative estimate of drug-likeness (QED) is 0.178. The number of hydrogen-bond acceptors (Lipinski definition) is 6. The van der Waals surface area contributed by atoms with Crippen LogP contribution in [0.15, 0.2) is 0 Å². The maximum absolute atomic E-state index is 8.77. The minimum Gasteiger partial charge on any atom is -0.756 e. The minimum absolute atomic E-state index is 0. The standard InChI is InChI=1S/K.H3N.H3O4P.H3O3P/c;;1-5(2,3)4;1-4(2)3/h;1H3;(H3,1,2,3,4);1-3H/q+1;;;/p-1. The fourth-order valence-corrected chi connectivity index (χ4v) is 0. The van der Waals surface area contributed by atoms with Crippen molar-refractivity contribution < 1.29 is 85.3 Å². The van der Waals surface area contributed by atoms with Gasteiger partial charge in [-0.05, 0) is 0 Å². The van der Waals surface area contributed by atoms with E-state index in [-0.39, 0.29) is 57.5 Å². The summed E-state index contributed by atoms with van der Waals surface area (Å²) in [4.78, 5) is 44.6. The monoisotopic (exact) mass is 235 g/mol. The molecule has 8 N–H and O–H groups in total. The van der Waals surface area contributed by atoms with Crippen molar-refractivity contribution >= 4 is 16.4 Å². The molecule has 0 aromatic rings. The Bertz CT molecular complexity index is 87.6. The van der Waals surface area contributed by atoms with Gasteiger partial charge in [0.25, 0.3) is 7.82 Å². The average molecular weight is 235 g/mol. The summed E-state index contributed by atoms with van der Waals surface area (Å²) >= 11 is 0. The molecule has 0 aliphatic heterocycles. The fraction of sp³-hybridized carbons (Fsp3) is 0. The van der Waals surface area contributed by atoms with Crippen LogP contribution in [0.2, 0.25) is 0 Å². The maximum atomic E-state index is 8.77. The van der Waals surface area contributed by atoms with E-state index in [1.54, 1.807) is 0 Å². The van der Waals surface area contributed by atoms with Crippen molar-refractivity contribution in [1.82, 2.24) is 6.15 Å². The third kappa shape index (κ3) is 297. The van der Waals surface area contributed by atoms with Gasteiger partial charge in [0.15, 0.2) is 0 Å². The molecule has 0 radical (unpaired) electrons. The van der Waals surface area contributed by atoms with Crippen LogP contribution in [-0.4, -0.2) is 24.5 Å². The van der Waals surface area contributed by atoms with Crippen LogP contribution in [0.3, 0.4) is 0 Å². The van der Waals surface area contributed by atoms with Crippen LogP contribution < -0.4 is 62.4 Å². The first-order valence-corrected chi connectivity index (χ1v) is 4.10. The van der Waals surface area contributed by atoms with Crippen LogP contribution in [0.4, 0.5) is 0 Å². The van der Waals surface area contributed by atoms with E-state index in [2.05, 4.69) is 0 Å². The zero-order chi connectivity index (χ0) is 8.08. The minimum atomic E-state index is -4.89. The normalized spacial score (nSPS) is 8.64. The van der Waals surface area contributed by atoms with Crippen molar-refractivity contribution in [3.8, 4) is 0 Å². The van der Waals surface area contributed by atoms with E-state index in [0.29, 0.717) is 0 Å². The van der Waals surface area contributed by atoms with E-state index in [4.69, 9.17) is 33.9 Å². The van der Waals surface area contributed by atoms with Crippen LogP contribution in [0.1, 0.15) is 0 Å². The maximum Gasteiger partial charge on any atom is 1.00 e. The van der Waals surface area contributed by atoms with E-state index in [1.807, 2.05) is 0 Å². The SMILES string of the molecule is N.O=P([O-])(O)O.OP(O)O.[K+]. The zero-order valence-corrected chi connectivity index (χ0v) is 10.6. The van der Waals surface area contributed by atoms with Crippen molar-refractivity contribution in [1.29, 1.82) is 0 Å². The van der Waals surface area contributed by atoms with Gasteiger partial charge in [-0.3, -0.25) is 4.57 Å². The number of hydrogen-bond donors (Lipinski definition) is 6. The molecule has 0 aliphatic rings. The van der Waals surface area contributed by atoms with Crippen molar-refractivity contribution in [3.63, 3.8) is 0 Å². The molecule has 0 aliphatic carbocycles. The first kappa shape index (κ1) is 23.1. The molecular weight excluding hydrogens is 227 g/mol. The summed E-state index contributed by atoms with van der Waals surface area (Å²) in [5, 5.41) is 0. The van der Waals surface area contributed by atoms with Crippen LogP contribution in [0.5, 0.6) is 0 Å². The number of rotatable bonds is 0. The first-order valence-electron chi connectivity index (χ1n) is 1.37. The van der Waals surface area contributed by atoms with Gasteiger partial charge in [-0.2, -0.15) is 0 Å². The van der Waals surface area contributed by atoms with Gasteiger partial charge in [0, 0.05) is 0 Å². The molecule has 0 rings (SSSR count). The van der Waals surface area contributed by atoms with Gasteiger partial charge in [-0.15, -0.1) is 0 Å². The van der Waals surface area contributed by atoms with E-state index in [9.17, 15) is 0 Å². The second-order valence-corrected chi connectivity index (χ2v) is 2.28. The van der Waals surface area contributed by atoms with E-state index in [1.165, 1.54) is 0 Å². The Morgan fingerprint density at radius 3 is 1.18 bits per heavy atom. The first-order chi connectivity index (χ1) is 3.73. The Hall–Kier alpha value is 2.02. The van der Waals surface area contributed by atoms with Crippen LogP contribution in [-0.2, 0) is 4.57 Å². The molecule has 0 aromatic heterocycles. The largest absolute Gasteiger partial charge is 1.00 e. The van der Waals surface area contributed by atoms with Gasteiger partial charge in [0.2, 0.25) is 0 Å². The molecule has 0 unspecified atom stereocenters. The molecule has 0 spiro atoms. The third-order valence-electron chi connectivity index (χ3n) is 0. The Morgan fingerprint density at radius 2 is 1.18 bits per heavy atom. The van der Waals surface area contributed by atoms with Gasteiger partial charge in [-0.1, -0.05) is 0 Å². The molecule has 11 heavy (non-hydrogen) atoms. The molecule has 8 nitrogen and oxygen atoms in total. The predicted octanol–water partition coefficient (Wildman–Crippen LogP) is -5.20. The molecule has 0 saturated heterocycles. The van der Waals surface area contributed by atoms with Crippen molar-refractivity contribution in [2.45, 2.75) is 0 Å². The second-order valence-electron chi connectivity index (χ2n) is 0.759. The predicted molar refractivity (Wildman–Crippen MR) is 30.6 cm³/mol. The number of phosphoric acid groups is 1. The van der Waals surface area contributed by atoms with Crippen LogP contribution >= 0.6 is 16.4 Å². The van der Waals surface area contributed by atoms with Gasteiger partial charge < -0.3 is 35.5 Å². The van der Waals surface area contributed by atoms with Gasteiger partial charge in [0.1, 0.15) is 0 Å². The molecule has 0 bridgehead atoms. The molecule has 0 heterocycles. The van der Waals surface area contributed by atoms with Gasteiger partial charge in [-0.25, -0.2) is 0 Å². The summed E-state index contributed by atoms with van der Waals surface area (Å²) in [6.45, 7) is 0. The summed E-state index contributed by atoms with van der Waals surface area (Å²) in [6, 6.07) is 0. The molecule has 0 amide bonds. The molecule has 0 saturated carbocycles.